The number of hydrogen-bond donors (Lipinski definition) is 2. The normalized spacial score (nSPS) is 39.8. The second-order valence-electron chi connectivity index (χ2n) is 15.5. The zero-order valence-corrected chi connectivity index (χ0v) is 25.5. The first-order valence-corrected chi connectivity index (χ1v) is 15.5. The summed E-state index contributed by atoms with van der Waals surface area (Å²) < 4.78 is 0.831. The summed E-state index contributed by atoms with van der Waals surface area (Å²) in [5, 5.41) is 19.1. The third-order valence-corrected chi connectivity index (χ3v) is 11.1. The predicted octanol–water partition coefficient (Wildman–Crippen LogP) is 7.46. The molecule has 4 aliphatic carbocycles. The number of likely N-dealkylation sites (N-methyl/N-ethyl adjacent to an activating group) is 1. The van der Waals surface area contributed by atoms with E-state index >= 15 is 0 Å². The van der Waals surface area contributed by atoms with Gasteiger partial charge in [-0.25, -0.2) is 0 Å². The van der Waals surface area contributed by atoms with Crippen molar-refractivity contribution in [2.24, 2.45) is 46.3 Å². The number of quaternary nitrogens is 1. The molecule has 0 radical (unpaired) electrons. The highest BCUT2D eigenvalue weighted by Crippen LogP contribution is 2.67. The van der Waals surface area contributed by atoms with Gasteiger partial charge in [0, 0.05) is 0 Å². The first kappa shape index (κ1) is 30.2. The van der Waals surface area contributed by atoms with Crippen molar-refractivity contribution in [1.29, 1.82) is 0 Å². The molecule has 0 bridgehead atoms. The lowest BCUT2D eigenvalue weighted by molar-refractivity contribution is -0.873. The van der Waals surface area contributed by atoms with Gasteiger partial charge >= 0.3 is 0 Å². The van der Waals surface area contributed by atoms with Crippen LogP contribution in [-0.4, -0.2) is 54.6 Å². The number of allylic oxidation sites excluding steroid dienone is 1. The fourth-order valence-electron chi connectivity index (χ4n) is 9.46. The molecule has 4 rings (SSSR count). The molecule has 210 valence electrons. The Balaban J connectivity index is 0.000000392. The van der Waals surface area contributed by atoms with E-state index in [-0.39, 0.29) is 12.2 Å². The summed E-state index contributed by atoms with van der Waals surface area (Å²) in [4.78, 5) is 0. The Kier molecular flexibility index (Phi) is 9.88. The topological polar surface area (TPSA) is 40.5 Å². The number of aliphatic hydroxyl groups excluding tert-OH is 2. The maximum Gasteiger partial charge on any atom is 0.104 e. The van der Waals surface area contributed by atoms with E-state index in [0.717, 1.165) is 59.4 Å². The molecule has 2 unspecified atom stereocenters. The van der Waals surface area contributed by atoms with Gasteiger partial charge in [-0.2, -0.15) is 0 Å². The zero-order chi connectivity index (χ0) is 26.9. The maximum absolute atomic E-state index is 10.2. The van der Waals surface area contributed by atoms with Crippen molar-refractivity contribution >= 4 is 0 Å². The van der Waals surface area contributed by atoms with Crippen LogP contribution in [-0.2, 0) is 0 Å². The summed E-state index contributed by atoms with van der Waals surface area (Å²) in [6, 6.07) is 0. The van der Waals surface area contributed by atoms with Gasteiger partial charge in [-0.05, 0) is 105 Å². The molecule has 0 saturated heterocycles. The summed E-state index contributed by atoms with van der Waals surface area (Å²) in [5.41, 5.74) is 2.60. The van der Waals surface area contributed by atoms with E-state index in [4.69, 9.17) is 5.11 Å². The van der Waals surface area contributed by atoms with Gasteiger partial charge in [0.05, 0.1) is 27.2 Å². The van der Waals surface area contributed by atoms with Gasteiger partial charge in [-0.1, -0.05) is 65.5 Å². The van der Waals surface area contributed by atoms with Gasteiger partial charge in [0.2, 0.25) is 0 Å². The first-order valence-electron chi connectivity index (χ1n) is 15.5. The van der Waals surface area contributed by atoms with Gasteiger partial charge in [0.1, 0.15) is 12.6 Å². The number of hydrogen-bond acceptors (Lipinski definition) is 2. The standard InChI is InChI=1S/C27H46O.C6H16NO/c1-18(2)7-6-8-19(3)23-11-12-24-22-10-9-20-17-21(28)13-15-26(20,4)25(22)14-16-27(23,24)5;1-6(8)5-7(2,3)4/h9,18-19,21-25,28H,6-8,10-17H2,1-5H3;6,8H,5H2,1-4H3/q;+1/t19-,21?,22+,23-,24+,25+,26+,27-;/m1./s1. The van der Waals surface area contributed by atoms with Gasteiger partial charge in [0.15, 0.2) is 0 Å². The van der Waals surface area contributed by atoms with Crippen LogP contribution in [0.25, 0.3) is 0 Å². The molecule has 0 heterocycles. The third-order valence-electron chi connectivity index (χ3n) is 11.1. The van der Waals surface area contributed by atoms with Gasteiger partial charge < -0.3 is 14.7 Å². The minimum absolute atomic E-state index is 0.0766. The highest BCUT2D eigenvalue weighted by molar-refractivity contribution is 5.25. The van der Waals surface area contributed by atoms with E-state index < -0.39 is 0 Å². The number of rotatable bonds is 7. The van der Waals surface area contributed by atoms with Crippen LogP contribution in [0, 0.1) is 46.3 Å². The van der Waals surface area contributed by atoms with Crippen LogP contribution in [0.1, 0.15) is 112 Å². The quantitative estimate of drug-likeness (QED) is 0.279. The molecule has 3 saturated carbocycles. The molecular formula is C33H62NO2+. The summed E-state index contributed by atoms with van der Waals surface area (Å²) in [6.45, 7) is 15.2. The fraction of sp³-hybridized carbons (Fsp3) is 0.939. The van der Waals surface area contributed by atoms with E-state index in [1.807, 2.05) is 6.92 Å². The molecule has 0 aromatic heterocycles. The van der Waals surface area contributed by atoms with Crippen molar-refractivity contribution in [3.05, 3.63) is 11.6 Å². The molecule has 3 heteroatoms. The van der Waals surface area contributed by atoms with Crippen LogP contribution in [0.4, 0.5) is 0 Å². The van der Waals surface area contributed by atoms with Crippen molar-refractivity contribution in [2.75, 3.05) is 27.7 Å². The lowest BCUT2D eigenvalue weighted by Gasteiger charge is -2.58. The molecule has 0 aromatic carbocycles. The van der Waals surface area contributed by atoms with Crippen molar-refractivity contribution in [2.45, 2.75) is 124 Å². The molecule has 0 amide bonds. The first-order chi connectivity index (χ1) is 16.7. The van der Waals surface area contributed by atoms with Crippen LogP contribution in [0.3, 0.4) is 0 Å². The molecule has 2 N–H and O–H groups in total. The highest BCUT2D eigenvalue weighted by atomic mass is 16.3. The Hall–Kier alpha value is -0.380. The largest absolute Gasteiger partial charge is 0.393 e. The van der Waals surface area contributed by atoms with Crippen LogP contribution in [0.5, 0.6) is 0 Å². The molecular weight excluding hydrogens is 442 g/mol. The van der Waals surface area contributed by atoms with E-state index in [9.17, 15) is 5.11 Å². The minimum atomic E-state index is -0.185. The SMILES string of the molecule is CC(C)CCC[C@@H](C)[C@H]1CC[C@H]2[C@@H]3CC=C4CC(O)CC[C@]4(C)[C@H]3CC[C@]12C.CC(O)C[N+](C)(C)C. The zero-order valence-electron chi connectivity index (χ0n) is 25.5. The Morgan fingerprint density at radius 2 is 1.64 bits per heavy atom. The summed E-state index contributed by atoms with van der Waals surface area (Å²) in [6.07, 6.45) is 17.0. The number of nitrogens with zero attached hydrogens (tertiary/aromatic N) is 1. The molecule has 0 aromatic rings. The average molecular weight is 505 g/mol. The smallest absolute Gasteiger partial charge is 0.104 e. The summed E-state index contributed by atoms with van der Waals surface area (Å²) in [7, 11) is 6.19. The molecule has 3 nitrogen and oxygen atoms in total. The van der Waals surface area contributed by atoms with Gasteiger partial charge in [0.25, 0.3) is 0 Å². The van der Waals surface area contributed by atoms with Crippen LogP contribution in [0.2, 0.25) is 0 Å². The monoisotopic (exact) mass is 504 g/mol. The second kappa shape index (κ2) is 11.8. The number of aliphatic hydroxyl groups is 2. The second-order valence-corrected chi connectivity index (χ2v) is 15.5. The molecule has 0 spiro atoms. The molecule has 4 aliphatic rings. The summed E-state index contributed by atoms with van der Waals surface area (Å²) >= 11 is 0. The molecule has 0 aliphatic heterocycles. The van der Waals surface area contributed by atoms with Crippen LogP contribution >= 0.6 is 0 Å². The number of fused-ring (bicyclic) bond motifs is 5. The van der Waals surface area contributed by atoms with Crippen LogP contribution in [0.15, 0.2) is 11.6 Å². The van der Waals surface area contributed by atoms with E-state index in [2.05, 4.69) is 61.8 Å². The minimum Gasteiger partial charge on any atom is -0.393 e. The van der Waals surface area contributed by atoms with Crippen molar-refractivity contribution in [3.8, 4) is 0 Å². The van der Waals surface area contributed by atoms with Gasteiger partial charge in [-0.15, -0.1) is 0 Å². The van der Waals surface area contributed by atoms with Crippen molar-refractivity contribution in [1.82, 2.24) is 0 Å². The fourth-order valence-corrected chi connectivity index (χ4v) is 9.46. The van der Waals surface area contributed by atoms with Crippen molar-refractivity contribution < 1.29 is 14.7 Å². The Morgan fingerprint density at radius 1 is 0.944 bits per heavy atom. The average Bonchev–Trinajstić information content (AvgIpc) is 3.10. The van der Waals surface area contributed by atoms with Crippen molar-refractivity contribution in [3.63, 3.8) is 0 Å². The Bertz CT molecular complexity index is 736. The molecule has 36 heavy (non-hydrogen) atoms. The van der Waals surface area contributed by atoms with E-state index in [1.165, 1.54) is 57.8 Å². The van der Waals surface area contributed by atoms with Crippen LogP contribution < -0.4 is 0 Å². The molecule has 9 atom stereocenters. The Morgan fingerprint density at radius 3 is 2.22 bits per heavy atom. The third kappa shape index (κ3) is 6.78. The van der Waals surface area contributed by atoms with Gasteiger partial charge in [-0.3, -0.25) is 0 Å². The summed E-state index contributed by atoms with van der Waals surface area (Å²) in [5.74, 6) is 5.46. The maximum atomic E-state index is 10.2. The molecule has 3 fully saturated rings. The van der Waals surface area contributed by atoms with E-state index in [0.29, 0.717) is 10.8 Å². The van der Waals surface area contributed by atoms with E-state index in [1.54, 1.807) is 5.57 Å². The predicted molar refractivity (Wildman–Crippen MR) is 154 cm³/mol. The highest BCUT2D eigenvalue weighted by Gasteiger charge is 2.59. The lowest BCUT2D eigenvalue weighted by atomic mass is 9.47. The Labute approximate surface area is 224 Å². The lowest BCUT2D eigenvalue weighted by Crippen LogP contribution is -2.50.